The lowest BCUT2D eigenvalue weighted by molar-refractivity contribution is -0.118. The molecule has 0 saturated carbocycles. The minimum Gasteiger partial charge on any atom is -0.428 e. The van der Waals surface area contributed by atoms with E-state index < -0.39 is 11.8 Å². The summed E-state index contributed by atoms with van der Waals surface area (Å²) in [5, 5.41) is 0. The van der Waals surface area contributed by atoms with Crippen LogP contribution in [0.15, 0.2) is 24.3 Å². The number of anilines is 1. The Kier molecular flexibility index (Phi) is 4.92. The highest BCUT2D eigenvalue weighted by Gasteiger charge is 2.24. The Morgan fingerprint density at radius 2 is 1.79 bits per heavy atom. The molecule has 0 bridgehead atoms. The number of hydrogen-bond donors (Lipinski definition) is 1. The summed E-state index contributed by atoms with van der Waals surface area (Å²) in [4.78, 5) is 22.5. The topological polar surface area (TPSA) is 78.6 Å². The highest BCUT2D eigenvalue weighted by Crippen LogP contribution is 2.20. The number of nitrogen functional groups attached to an aromatic ring is 1. The fraction of sp³-hybridized carbons (Fsp3) is 0.429. The third-order valence-corrected chi connectivity index (χ3v) is 2.52. The van der Waals surface area contributed by atoms with Gasteiger partial charge in [-0.05, 0) is 51.5 Å². The largest absolute Gasteiger partial charge is 0.514 e. The first-order valence-corrected chi connectivity index (χ1v) is 6.04. The predicted octanol–water partition coefficient (Wildman–Crippen LogP) is 2.93. The van der Waals surface area contributed by atoms with Gasteiger partial charge in [0, 0.05) is 12.1 Å². The molecule has 0 fully saturated rings. The molecular weight excluding hydrogens is 246 g/mol. The van der Waals surface area contributed by atoms with Gasteiger partial charge >= 0.3 is 6.16 Å². The van der Waals surface area contributed by atoms with Crippen LogP contribution >= 0.6 is 0 Å². The van der Waals surface area contributed by atoms with Gasteiger partial charge in [0.1, 0.15) is 17.1 Å². The highest BCUT2D eigenvalue weighted by molar-refractivity contribution is 5.75. The van der Waals surface area contributed by atoms with Gasteiger partial charge in [-0.15, -0.1) is 0 Å². The van der Waals surface area contributed by atoms with Crippen molar-refractivity contribution in [3.63, 3.8) is 0 Å². The molecule has 0 radical (unpaired) electrons. The van der Waals surface area contributed by atoms with Crippen LogP contribution in [0.2, 0.25) is 0 Å². The number of benzene rings is 1. The number of nitrogens with two attached hydrogens (primary N) is 1. The van der Waals surface area contributed by atoms with Gasteiger partial charge in [-0.1, -0.05) is 0 Å². The molecule has 1 aromatic carbocycles. The Hall–Kier alpha value is -2.04. The third kappa shape index (κ3) is 5.90. The lowest BCUT2D eigenvalue weighted by Gasteiger charge is -2.23. The molecule has 0 spiro atoms. The molecule has 5 heteroatoms. The zero-order valence-electron chi connectivity index (χ0n) is 11.4. The van der Waals surface area contributed by atoms with Crippen LogP contribution in [0.4, 0.5) is 10.5 Å². The van der Waals surface area contributed by atoms with E-state index in [4.69, 9.17) is 15.2 Å². The second kappa shape index (κ2) is 6.22. The monoisotopic (exact) mass is 265 g/mol. The number of ketones is 1. The van der Waals surface area contributed by atoms with Crippen LogP contribution in [-0.2, 0) is 9.53 Å². The first-order chi connectivity index (χ1) is 8.78. The number of carbonyl (C=O) groups excluding carboxylic acids is 2. The van der Waals surface area contributed by atoms with Gasteiger partial charge in [0.05, 0.1) is 0 Å². The van der Waals surface area contributed by atoms with Crippen LogP contribution in [0.5, 0.6) is 5.75 Å². The third-order valence-electron chi connectivity index (χ3n) is 2.52. The van der Waals surface area contributed by atoms with Crippen LogP contribution in [0.3, 0.4) is 0 Å². The van der Waals surface area contributed by atoms with E-state index in [1.807, 2.05) is 0 Å². The maximum atomic E-state index is 11.6. The van der Waals surface area contributed by atoms with Crippen molar-refractivity contribution in [3.05, 3.63) is 24.3 Å². The minimum atomic E-state index is -0.793. The molecule has 5 nitrogen and oxygen atoms in total. The Bertz CT molecular complexity index is 451. The van der Waals surface area contributed by atoms with Crippen molar-refractivity contribution in [2.75, 3.05) is 5.73 Å². The number of ether oxygens (including phenoxy) is 2. The van der Waals surface area contributed by atoms with Crippen molar-refractivity contribution in [1.82, 2.24) is 0 Å². The molecule has 1 aromatic rings. The molecular formula is C14H19NO4. The van der Waals surface area contributed by atoms with E-state index >= 15 is 0 Å². The Morgan fingerprint density at radius 1 is 1.21 bits per heavy atom. The summed E-state index contributed by atoms with van der Waals surface area (Å²) >= 11 is 0. The van der Waals surface area contributed by atoms with Crippen molar-refractivity contribution < 1.29 is 19.1 Å². The summed E-state index contributed by atoms with van der Waals surface area (Å²) in [5.74, 6) is 0.421. The van der Waals surface area contributed by atoms with Crippen molar-refractivity contribution in [2.45, 2.75) is 39.2 Å². The predicted molar refractivity (Wildman–Crippen MR) is 72.0 cm³/mol. The average Bonchev–Trinajstić information content (AvgIpc) is 2.29. The molecule has 0 atom stereocenters. The summed E-state index contributed by atoms with van der Waals surface area (Å²) in [5.41, 5.74) is 5.37. The number of hydrogen-bond acceptors (Lipinski definition) is 5. The fourth-order valence-corrected chi connectivity index (χ4v) is 1.41. The van der Waals surface area contributed by atoms with Gasteiger partial charge in [-0.3, -0.25) is 0 Å². The summed E-state index contributed by atoms with van der Waals surface area (Å²) in [7, 11) is 0. The summed E-state index contributed by atoms with van der Waals surface area (Å²) < 4.78 is 10.2. The average molecular weight is 265 g/mol. The molecule has 0 saturated heterocycles. The molecule has 0 aliphatic rings. The molecule has 1 rings (SSSR count). The van der Waals surface area contributed by atoms with Crippen LogP contribution in [0.1, 0.15) is 33.6 Å². The fourth-order valence-electron chi connectivity index (χ4n) is 1.41. The van der Waals surface area contributed by atoms with Crippen LogP contribution in [0, 0.1) is 0 Å². The van der Waals surface area contributed by atoms with Gasteiger partial charge in [0.25, 0.3) is 0 Å². The Balaban J connectivity index is 2.50. The van der Waals surface area contributed by atoms with E-state index in [0.29, 0.717) is 24.3 Å². The molecule has 0 aromatic heterocycles. The Morgan fingerprint density at radius 3 is 2.32 bits per heavy atom. The Labute approximate surface area is 112 Å². The molecule has 2 N–H and O–H groups in total. The van der Waals surface area contributed by atoms with Crippen LogP contribution < -0.4 is 10.5 Å². The molecule has 0 aliphatic heterocycles. The van der Waals surface area contributed by atoms with Crippen molar-refractivity contribution in [2.24, 2.45) is 0 Å². The van der Waals surface area contributed by atoms with Crippen LogP contribution in [-0.4, -0.2) is 17.5 Å². The molecule has 0 unspecified atom stereocenters. The maximum absolute atomic E-state index is 11.6. The molecule has 0 amide bonds. The molecule has 19 heavy (non-hydrogen) atoms. The zero-order chi connectivity index (χ0) is 14.5. The second-order valence-electron chi connectivity index (χ2n) is 4.98. The first-order valence-electron chi connectivity index (χ1n) is 6.04. The van der Waals surface area contributed by atoms with Crippen molar-refractivity contribution in [3.8, 4) is 5.75 Å². The lowest BCUT2D eigenvalue weighted by Crippen LogP contribution is -2.30. The first kappa shape index (κ1) is 15.0. The zero-order valence-corrected chi connectivity index (χ0v) is 11.4. The number of rotatable bonds is 5. The van der Waals surface area contributed by atoms with Gasteiger partial charge < -0.3 is 20.0 Å². The lowest BCUT2D eigenvalue weighted by atomic mass is 10.0. The molecule has 0 heterocycles. The summed E-state index contributed by atoms with van der Waals surface area (Å²) in [6, 6.07) is 6.42. The molecule has 0 aliphatic carbocycles. The summed E-state index contributed by atoms with van der Waals surface area (Å²) in [6.45, 7) is 4.98. The van der Waals surface area contributed by atoms with Gasteiger partial charge in [0.2, 0.25) is 0 Å². The quantitative estimate of drug-likeness (QED) is 0.503. The van der Waals surface area contributed by atoms with E-state index in [1.165, 1.54) is 6.92 Å². The van der Waals surface area contributed by atoms with E-state index in [2.05, 4.69) is 0 Å². The van der Waals surface area contributed by atoms with Crippen molar-refractivity contribution in [1.29, 1.82) is 0 Å². The van der Waals surface area contributed by atoms with Gasteiger partial charge in [0.15, 0.2) is 0 Å². The second-order valence-corrected chi connectivity index (χ2v) is 4.98. The van der Waals surface area contributed by atoms with Gasteiger partial charge in [-0.2, -0.15) is 0 Å². The summed E-state index contributed by atoms with van der Waals surface area (Å²) in [6.07, 6.45) is 0.0275. The van der Waals surface area contributed by atoms with Crippen LogP contribution in [0.25, 0.3) is 0 Å². The van der Waals surface area contributed by atoms with E-state index in [0.717, 1.165) is 0 Å². The smallest absolute Gasteiger partial charge is 0.428 e. The van der Waals surface area contributed by atoms with Gasteiger partial charge in [-0.25, -0.2) is 4.79 Å². The van der Waals surface area contributed by atoms with E-state index in [1.54, 1.807) is 38.1 Å². The van der Waals surface area contributed by atoms with Crippen molar-refractivity contribution >= 4 is 17.6 Å². The maximum Gasteiger partial charge on any atom is 0.514 e. The molecule has 104 valence electrons. The SMILES string of the molecule is CC(=O)CCC(C)(C)OC(=O)Oc1ccc(N)cc1. The standard InChI is InChI=1S/C14H19NO4/c1-10(16)8-9-14(2,3)19-13(17)18-12-6-4-11(15)5-7-12/h4-7H,8-9,15H2,1-3H3. The number of carbonyl (C=O) groups is 2. The highest BCUT2D eigenvalue weighted by atomic mass is 16.7. The number of Topliss-reactive ketones (excluding diaryl/α,β-unsaturated/α-hetero) is 1. The normalized spacial score (nSPS) is 10.9. The minimum absolute atomic E-state index is 0.0589. The van der Waals surface area contributed by atoms with E-state index in [-0.39, 0.29) is 5.78 Å². The van der Waals surface area contributed by atoms with E-state index in [9.17, 15) is 9.59 Å².